The number of aliphatic hydroxyl groups is 1. The van der Waals surface area contributed by atoms with Crippen LogP contribution in [-0.4, -0.2) is 48.8 Å². The lowest BCUT2D eigenvalue weighted by Crippen LogP contribution is -2.38. The molecular weight excluding hydrogens is 214 g/mol. The van der Waals surface area contributed by atoms with E-state index in [0.29, 0.717) is 12.6 Å². The van der Waals surface area contributed by atoms with Gasteiger partial charge in [-0.25, -0.2) is 0 Å². The largest absolute Gasteiger partial charge is 0.390 e. The summed E-state index contributed by atoms with van der Waals surface area (Å²) in [6, 6.07) is 0.635. The van der Waals surface area contributed by atoms with Crippen molar-refractivity contribution in [2.45, 2.75) is 52.7 Å². The summed E-state index contributed by atoms with van der Waals surface area (Å²) in [5, 5.41) is 9.27. The van der Waals surface area contributed by atoms with Crippen molar-refractivity contribution in [2.24, 2.45) is 17.4 Å². The highest BCUT2D eigenvalue weighted by molar-refractivity contribution is 4.77. The van der Waals surface area contributed by atoms with Crippen LogP contribution in [0.25, 0.3) is 0 Å². The van der Waals surface area contributed by atoms with Gasteiger partial charge in [0.25, 0.3) is 0 Å². The molecule has 2 atom stereocenters. The molecule has 1 aliphatic rings. The average Bonchev–Trinajstić information content (AvgIpc) is 2.66. The molecule has 1 saturated heterocycles. The third-order valence-electron chi connectivity index (χ3n) is 2.41. The van der Waals surface area contributed by atoms with E-state index < -0.39 is 0 Å². The first-order valence-corrected chi connectivity index (χ1v) is 6.67. The van der Waals surface area contributed by atoms with E-state index in [9.17, 15) is 5.11 Å². The molecule has 4 nitrogen and oxygen atoms in total. The monoisotopic (exact) mass is 247 g/mol. The maximum atomic E-state index is 9.27. The Bertz CT molecular complexity index is 151. The second-order valence-electron chi connectivity index (χ2n) is 5.11. The summed E-state index contributed by atoms with van der Waals surface area (Å²) >= 11 is 0. The Morgan fingerprint density at radius 1 is 1.29 bits per heavy atom. The molecule has 1 heterocycles. The highest BCUT2D eigenvalue weighted by Gasteiger charge is 2.21. The molecule has 0 aromatic heterocycles. The predicted octanol–water partition coefficient (Wildman–Crippen LogP) is 1.03. The van der Waals surface area contributed by atoms with Crippen LogP contribution in [0, 0.1) is 5.92 Å². The fourth-order valence-electron chi connectivity index (χ4n) is 1.61. The first-order valence-electron chi connectivity index (χ1n) is 6.67. The van der Waals surface area contributed by atoms with Crippen LogP contribution in [0.3, 0.4) is 0 Å². The van der Waals surface area contributed by atoms with Gasteiger partial charge in [-0.15, -0.1) is 0 Å². The third kappa shape index (κ3) is 12.1. The maximum absolute atomic E-state index is 9.27. The van der Waals surface area contributed by atoms with Gasteiger partial charge in [0.2, 0.25) is 0 Å². The van der Waals surface area contributed by atoms with Gasteiger partial charge in [-0.2, -0.15) is 0 Å². The Balaban J connectivity index is 0. The average molecular weight is 247 g/mol. The number of hydrogen-bond acceptors (Lipinski definition) is 4. The quantitative estimate of drug-likeness (QED) is 0.696. The van der Waals surface area contributed by atoms with Crippen LogP contribution < -0.4 is 11.5 Å². The molecule has 0 amide bonds. The van der Waals surface area contributed by atoms with Gasteiger partial charge >= 0.3 is 0 Å². The molecule has 0 aromatic carbocycles. The number of nitrogens with two attached hydrogens (primary N) is 2. The lowest BCUT2D eigenvalue weighted by atomic mass is 10.2. The lowest BCUT2D eigenvalue weighted by molar-refractivity contribution is 0.115. The fourth-order valence-corrected chi connectivity index (χ4v) is 1.61. The minimum atomic E-state index is -0.337. The molecule has 0 bridgehead atoms. The van der Waals surface area contributed by atoms with Crippen molar-refractivity contribution >= 4 is 0 Å². The molecule has 2 unspecified atom stereocenters. The molecule has 0 spiro atoms. The van der Waals surface area contributed by atoms with Gasteiger partial charge in [0.05, 0.1) is 6.10 Å². The van der Waals surface area contributed by atoms with Crippen LogP contribution in [0.4, 0.5) is 0 Å². The molecule has 0 saturated carbocycles. The lowest BCUT2D eigenvalue weighted by Gasteiger charge is -2.23. The zero-order valence-corrected chi connectivity index (χ0v) is 12.3. The second kappa shape index (κ2) is 12.3. The van der Waals surface area contributed by atoms with E-state index in [1.807, 2.05) is 0 Å². The molecule has 5 N–H and O–H groups in total. The van der Waals surface area contributed by atoms with Crippen molar-refractivity contribution in [1.82, 2.24) is 4.90 Å². The first kappa shape index (κ1) is 19.2. The number of nitrogens with zero attached hydrogens (tertiary/aromatic N) is 1. The van der Waals surface area contributed by atoms with Crippen molar-refractivity contribution in [3.63, 3.8) is 0 Å². The highest BCUT2D eigenvalue weighted by atomic mass is 16.3. The molecular formula is C13H33N3O. The summed E-state index contributed by atoms with van der Waals surface area (Å²) in [6.45, 7) is 11.0. The summed E-state index contributed by atoms with van der Waals surface area (Å²) < 4.78 is 0. The van der Waals surface area contributed by atoms with Gasteiger partial charge in [0, 0.05) is 19.1 Å². The molecule has 106 valence electrons. The Hall–Kier alpha value is -0.160. The van der Waals surface area contributed by atoms with Crippen LogP contribution in [0.5, 0.6) is 0 Å². The van der Waals surface area contributed by atoms with Crippen molar-refractivity contribution in [3.8, 4) is 0 Å². The van der Waals surface area contributed by atoms with Crippen molar-refractivity contribution in [3.05, 3.63) is 0 Å². The Morgan fingerprint density at radius 3 is 2.06 bits per heavy atom. The fraction of sp³-hybridized carbons (Fsp3) is 1.00. The predicted molar refractivity (Wildman–Crippen MR) is 76.0 cm³/mol. The topological polar surface area (TPSA) is 75.5 Å². The van der Waals surface area contributed by atoms with E-state index in [-0.39, 0.29) is 6.10 Å². The van der Waals surface area contributed by atoms with E-state index in [1.54, 1.807) is 0 Å². The number of rotatable bonds is 3. The summed E-state index contributed by atoms with van der Waals surface area (Å²) in [7, 11) is 1.50. The van der Waals surface area contributed by atoms with Gasteiger partial charge in [-0.05, 0) is 39.3 Å². The minimum absolute atomic E-state index is 0.337. The van der Waals surface area contributed by atoms with Crippen molar-refractivity contribution in [1.29, 1.82) is 0 Å². The van der Waals surface area contributed by atoms with Gasteiger partial charge in [-0.3, -0.25) is 4.90 Å². The molecule has 17 heavy (non-hydrogen) atoms. The van der Waals surface area contributed by atoms with Gasteiger partial charge in [0.15, 0.2) is 0 Å². The standard InChI is InChI=1S/C8H18N2O.C4H10.CH5N/c1-7-3-2-4-10(7)6-8(11)5-9;1-4(2)3;1-2/h7-8,11H,2-6,9H2,1H3;4H,1-3H3;2H2,1H3. The summed E-state index contributed by atoms with van der Waals surface area (Å²) in [6.07, 6.45) is 2.19. The number of β-amino-alcohol motifs (C(OH)–C–C–N with tert-alkyl or cyclic N) is 1. The van der Waals surface area contributed by atoms with E-state index in [4.69, 9.17) is 5.73 Å². The zero-order chi connectivity index (χ0) is 13.8. The Morgan fingerprint density at radius 2 is 1.76 bits per heavy atom. The summed E-state index contributed by atoms with van der Waals surface area (Å²) in [5.74, 6) is 0.833. The molecule has 1 fully saturated rings. The van der Waals surface area contributed by atoms with Crippen LogP contribution in [0.1, 0.15) is 40.5 Å². The molecule has 1 aliphatic heterocycles. The SMILES string of the molecule is CC(C)C.CC1CCCN1CC(O)CN.CN. The maximum Gasteiger partial charge on any atom is 0.0789 e. The molecule has 0 aliphatic carbocycles. The summed E-state index contributed by atoms with van der Waals surface area (Å²) in [4.78, 5) is 2.30. The van der Waals surface area contributed by atoms with E-state index in [1.165, 1.54) is 19.9 Å². The van der Waals surface area contributed by atoms with E-state index in [2.05, 4.69) is 38.3 Å². The Labute approximate surface area is 107 Å². The van der Waals surface area contributed by atoms with Gasteiger partial charge in [0.1, 0.15) is 0 Å². The molecule has 1 rings (SSSR count). The smallest absolute Gasteiger partial charge is 0.0789 e. The first-order chi connectivity index (χ1) is 7.97. The van der Waals surface area contributed by atoms with Crippen molar-refractivity contribution in [2.75, 3.05) is 26.7 Å². The normalized spacial score (nSPS) is 21.4. The number of likely N-dealkylation sites (tertiary alicyclic amines) is 1. The van der Waals surface area contributed by atoms with E-state index in [0.717, 1.165) is 19.0 Å². The van der Waals surface area contributed by atoms with Gasteiger partial charge < -0.3 is 16.6 Å². The van der Waals surface area contributed by atoms with Crippen LogP contribution in [-0.2, 0) is 0 Å². The zero-order valence-electron chi connectivity index (χ0n) is 12.3. The molecule has 4 heteroatoms. The summed E-state index contributed by atoms with van der Waals surface area (Å²) in [5.41, 5.74) is 9.82. The number of hydrogen-bond donors (Lipinski definition) is 3. The van der Waals surface area contributed by atoms with Crippen LogP contribution >= 0.6 is 0 Å². The van der Waals surface area contributed by atoms with E-state index >= 15 is 0 Å². The molecule has 0 radical (unpaired) electrons. The van der Waals surface area contributed by atoms with Crippen LogP contribution in [0.15, 0.2) is 0 Å². The molecule has 0 aromatic rings. The third-order valence-corrected chi connectivity index (χ3v) is 2.41. The highest BCUT2D eigenvalue weighted by Crippen LogP contribution is 2.15. The Kier molecular flexibility index (Phi) is 13.9. The number of aliphatic hydroxyl groups excluding tert-OH is 1. The minimum Gasteiger partial charge on any atom is -0.390 e. The van der Waals surface area contributed by atoms with Crippen LogP contribution in [0.2, 0.25) is 0 Å². The van der Waals surface area contributed by atoms with Gasteiger partial charge in [-0.1, -0.05) is 20.8 Å². The van der Waals surface area contributed by atoms with Crippen molar-refractivity contribution < 1.29 is 5.11 Å². The second-order valence-corrected chi connectivity index (χ2v) is 5.11.